The fourth-order valence-corrected chi connectivity index (χ4v) is 9.02. The fourth-order valence-electron chi connectivity index (χ4n) is 9.02. The number of rotatable bonds is 4. The zero-order valence-corrected chi connectivity index (χ0v) is 18.9. The van der Waals surface area contributed by atoms with Crippen LogP contribution < -0.4 is 0 Å². The number of aryl methyl sites for hydroxylation is 1. The number of nitrogens with one attached hydrogen (secondary N) is 1. The van der Waals surface area contributed by atoms with Crippen LogP contribution >= 0.6 is 0 Å². The molecule has 0 amide bonds. The van der Waals surface area contributed by atoms with Crippen LogP contribution in [0.25, 0.3) is 0 Å². The van der Waals surface area contributed by atoms with Crippen LogP contribution in [0.15, 0.2) is 0 Å². The van der Waals surface area contributed by atoms with E-state index in [1.807, 2.05) is 0 Å². The molecule has 1 heterocycles. The lowest BCUT2D eigenvalue weighted by molar-refractivity contribution is -0.174. The van der Waals surface area contributed by atoms with Gasteiger partial charge in [0.2, 0.25) is 0 Å². The third-order valence-electron chi connectivity index (χ3n) is 10.6. The van der Waals surface area contributed by atoms with Gasteiger partial charge in [-0.1, -0.05) is 26.0 Å². The fraction of sp³-hybridized carbons (Fsp3) is 0.958. The predicted molar refractivity (Wildman–Crippen MR) is 114 cm³/mol. The number of hydrogen-bond acceptors (Lipinski definition) is 5. The molecule has 0 radical (unpaired) electrons. The Hall–Kier alpha value is -1.01. The maximum Gasteiger partial charge on any atom is 0.174 e. The van der Waals surface area contributed by atoms with E-state index in [9.17, 15) is 10.2 Å². The zero-order valence-electron chi connectivity index (χ0n) is 18.9. The highest BCUT2D eigenvalue weighted by atomic mass is 16.3. The van der Waals surface area contributed by atoms with Gasteiger partial charge >= 0.3 is 0 Å². The highest BCUT2D eigenvalue weighted by Crippen LogP contribution is 2.68. The molecule has 5 rings (SSSR count). The molecule has 4 unspecified atom stereocenters. The Balaban J connectivity index is 1.34. The number of nitrogens with zero attached hydrogens (tertiary/aromatic N) is 3. The van der Waals surface area contributed by atoms with E-state index in [-0.39, 0.29) is 12.2 Å². The van der Waals surface area contributed by atoms with Crippen LogP contribution in [0.4, 0.5) is 0 Å². The summed E-state index contributed by atoms with van der Waals surface area (Å²) >= 11 is 0. The first kappa shape index (κ1) is 20.9. The van der Waals surface area contributed by atoms with E-state index in [4.69, 9.17) is 0 Å². The van der Waals surface area contributed by atoms with E-state index in [1.54, 1.807) is 0 Å². The molecule has 4 fully saturated rings. The quantitative estimate of drug-likeness (QED) is 0.695. The second kappa shape index (κ2) is 7.54. The first-order valence-electron chi connectivity index (χ1n) is 12.4. The lowest BCUT2D eigenvalue weighted by atomic mass is 9.43. The summed E-state index contributed by atoms with van der Waals surface area (Å²) in [5, 5.41) is 36.1. The minimum Gasteiger partial charge on any atom is -0.393 e. The van der Waals surface area contributed by atoms with Gasteiger partial charge in [0, 0.05) is 6.42 Å². The Labute approximate surface area is 180 Å². The molecule has 0 bridgehead atoms. The standard InChI is InChI=1S/C24H40N4O2/c1-14(4-7-21-25-27-28-26-21)17-5-6-18-22-19(9-11-24(17,18)3)23(2)10-8-16(29)12-15(23)13-20(22)30/h14-20,22,29-30H,4-13H2,1-3H3,(H,25,26,27,28)/t14-,15?,16-,17-,18?,19?,20+,22?,23+,24-/m1/s1. The SMILES string of the molecule is C[C@H](CCc1nn[nH]n1)[C@H]1CCC2C3C(CC[C@@]21C)[C@@]1(C)CC[C@@H](O)CC1C[C@@H]3O. The first-order valence-corrected chi connectivity index (χ1v) is 12.4. The molecule has 0 saturated heterocycles. The van der Waals surface area contributed by atoms with Crippen molar-refractivity contribution >= 4 is 0 Å². The third kappa shape index (κ3) is 3.16. The van der Waals surface area contributed by atoms with Crippen molar-refractivity contribution in [2.75, 3.05) is 0 Å². The Kier molecular flexibility index (Phi) is 5.25. The Morgan fingerprint density at radius 3 is 2.57 bits per heavy atom. The molecule has 0 spiro atoms. The summed E-state index contributed by atoms with van der Waals surface area (Å²) in [4.78, 5) is 0. The average Bonchev–Trinajstić information content (AvgIpc) is 3.35. The van der Waals surface area contributed by atoms with E-state index in [0.717, 1.165) is 50.3 Å². The second-order valence-corrected chi connectivity index (χ2v) is 11.8. The topological polar surface area (TPSA) is 94.9 Å². The zero-order chi connectivity index (χ0) is 21.1. The van der Waals surface area contributed by atoms with E-state index in [0.29, 0.717) is 40.4 Å². The number of fused-ring (bicyclic) bond motifs is 5. The van der Waals surface area contributed by atoms with Gasteiger partial charge in [-0.3, -0.25) is 0 Å². The molecule has 6 nitrogen and oxygen atoms in total. The second-order valence-electron chi connectivity index (χ2n) is 11.8. The van der Waals surface area contributed by atoms with E-state index in [2.05, 4.69) is 41.4 Å². The van der Waals surface area contributed by atoms with Crippen LogP contribution in [0.2, 0.25) is 0 Å². The molecule has 3 N–H and O–H groups in total. The molecule has 4 saturated carbocycles. The number of aromatic nitrogens is 4. The molecular weight excluding hydrogens is 376 g/mol. The molecule has 168 valence electrons. The van der Waals surface area contributed by atoms with Crippen LogP contribution in [0, 0.1) is 46.3 Å². The van der Waals surface area contributed by atoms with Gasteiger partial charge in [0.05, 0.1) is 12.2 Å². The Morgan fingerprint density at radius 1 is 1.03 bits per heavy atom. The van der Waals surface area contributed by atoms with Gasteiger partial charge in [-0.25, -0.2) is 0 Å². The van der Waals surface area contributed by atoms with Crippen LogP contribution in [-0.2, 0) is 6.42 Å². The van der Waals surface area contributed by atoms with Crippen molar-refractivity contribution in [2.45, 2.75) is 97.2 Å². The lowest BCUT2D eigenvalue weighted by Gasteiger charge is -2.62. The highest BCUT2D eigenvalue weighted by molar-refractivity contribution is 5.11. The minimum atomic E-state index is -0.184. The molecule has 1 aromatic heterocycles. The van der Waals surface area contributed by atoms with Crippen molar-refractivity contribution in [3.05, 3.63) is 5.82 Å². The van der Waals surface area contributed by atoms with Crippen molar-refractivity contribution in [1.29, 1.82) is 0 Å². The number of H-pyrrole nitrogens is 1. The molecule has 0 aromatic carbocycles. The summed E-state index contributed by atoms with van der Waals surface area (Å²) in [6.45, 7) is 7.46. The summed E-state index contributed by atoms with van der Waals surface area (Å²) in [5.41, 5.74) is 0.656. The van der Waals surface area contributed by atoms with Crippen molar-refractivity contribution in [1.82, 2.24) is 20.6 Å². The monoisotopic (exact) mass is 416 g/mol. The van der Waals surface area contributed by atoms with Gasteiger partial charge in [0.25, 0.3) is 0 Å². The summed E-state index contributed by atoms with van der Waals surface area (Å²) < 4.78 is 0. The summed E-state index contributed by atoms with van der Waals surface area (Å²) in [6, 6.07) is 0. The van der Waals surface area contributed by atoms with E-state index in [1.165, 1.54) is 25.7 Å². The third-order valence-corrected chi connectivity index (χ3v) is 10.6. The molecule has 0 aliphatic heterocycles. The Bertz CT molecular complexity index is 742. The van der Waals surface area contributed by atoms with Gasteiger partial charge in [0.15, 0.2) is 5.82 Å². The summed E-state index contributed by atoms with van der Waals surface area (Å²) in [7, 11) is 0. The molecule has 10 atom stereocenters. The predicted octanol–water partition coefficient (Wildman–Crippen LogP) is 3.76. The summed E-state index contributed by atoms with van der Waals surface area (Å²) in [6.07, 6.45) is 10.7. The molecule has 4 aliphatic rings. The largest absolute Gasteiger partial charge is 0.393 e. The van der Waals surface area contributed by atoms with Crippen molar-refractivity contribution < 1.29 is 10.2 Å². The van der Waals surface area contributed by atoms with E-state index < -0.39 is 0 Å². The molecular formula is C24H40N4O2. The van der Waals surface area contributed by atoms with Crippen LogP contribution in [0.1, 0.15) is 84.4 Å². The number of tetrazole rings is 1. The maximum atomic E-state index is 11.4. The summed E-state index contributed by atoms with van der Waals surface area (Å²) in [5.74, 6) is 4.41. The van der Waals surface area contributed by atoms with Crippen molar-refractivity contribution in [3.63, 3.8) is 0 Å². The van der Waals surface area contributed by atoms with Gasteiger partial charge in [-0.2, -0.15) is 5.21 Å². The lowest BCUT2D eigenvalue weighted by Crippen LogP contribution is -2.58. The van der Waals surface area contributed by atoms with Gasteiger partial charge in [-0.05, 0) is 104 Å². The number of aliphatic hydroxyl groups excluding tert-OH is 2. The molecule has 1 aromatic rings. The average molecular weight is 417 g/mol. The van der Waals surface area contributed by atoms with Crippen molar-refractivity contribution in [3.8, 4) is 0 Å². The van der Waals surface area contributed by atoms with Crippen LogP contribution in [-0.4, -0.2) is 43.0 Å². The molecule has 4 aliphatic carbocycles. The minimum absolute atomic E-state index is 0.156. The number of hydrogen-bond donors (Lipinski definition) is 3. The normalized spacial score (nSPS) is 49.2. The van der Waals surface area contributed by atoms with Crippen molar-refractivity contribution in [2.24, 2.45) is 46.3 Å². The first-order chi connectivity index (χ1) is 14.3. The Morgan fingerprint density at radius 2 is 1.80 bits per heavy atom. The molecule has 6 heteroatoms. The highest BCUT2D eigenvalue weighted by Gasteiger charge is 2.62. The van der Waals surface area contributed by atoms with Gasteiger partial charge in [0.1, 0.15) is 0 Å². The van der Waals surface area contributed by atoms with Crippen LogP contribution in [0.3, 0.4) is 0 Å². The maximum absolute atomic E-state index is 11.4. The van der Waals surface area contributed by atoms with Crippen LogP contribution in [0.5, 0.6) is 0 Å². The van der Waals surface area contributed by atoms with E-state index >= 15 is 0 Å². The number of aromatic amines is 1. The van der Waals surface area contributed by atoms with Gasteiger partial charge in [-0.15, -0.1) is 10.2 Å². The number of aliphatic hydroxyl groups is 2. The van der Waals surface area contributed by atoms with Gasteiger partial charge < -0.3 is 10.2 Å². The smallest absolute Gasteiger partial charge is 0.174 e. The molecule has 30 heavy (non-hydrogen) atoms.